The molecule has 0 spiro atoms. The molecule has 1 aromatic heterocycles. The highest BCUT2D eigenvalue weighted by molar-refractivity contribution is 5.88. The number of halogens is 2. The fourth-order valence-electron chi connectivity index (χ4n) is 3.17. The minimum atomic E-state index is -0.890. The van der Waals surface area contributed by atoms with E-state index in [1.165, 1.54) is 12.3 Å². The van der Waals surface area contributed by atoms with Crippen molar-refractivity contribution in [3.63, 3.8) is 0 Å². The van der Waals surface area contributed by atoms with Crippen LogP contribution in [0.4, 0.5) is 19.4 Å². The molecule has 0 radical (unpaired) electrons. The number of carbonyl (C=O) groups is 1. The number of likely N-dealkylation sites (tertiary alicyclic amines) is 1. The van der Waals surface area contributed by atoms with Crippen LogP contribution in [0.15, 0.2) is 30.5 Å². The van der Waals surface area contributed by atoms with Crippen LogP contribution in [0.1, 0.15) is 11.5 Å². The molecule has 2 aromatic rings. The van der Waals surface area contributed by atoms with Gasteiger partial charge in [-0.1, -0.05) is 6.07 Å². The fraction of sp³-hybridized carbons (Fsp3) is 0.412. The zero-order valence-corrected chi connectivity index (χ0v) is 14.3. The first kappa shape index (κ1) is 18.3. The van der Waals surface area contributed by atoms with Crippen molar-refractivity contribution in [2.24, 2.45) is 0 Å². The number of urea groups is 1. The quantitative estimate of drug-likeness (QED) is 0.731. The van der Waals surface area contributed by atoms with Gasteiger partial charge in [-0.15, -0.1) is 0 Å². The lowest BCUT2D eigenvalue weighted by molar-refractivity contribution is 0.159. The van der Waals surface area contributed by atoms with E-state index in [2.05, 4.69) is 25.7 Å². The number of anilines is 1. The van der Waals surface area contributed by atoms with Crippen molar-refractivity contribution >= 4 is 11.8 Å². The Labute approximate surface area is 149 Å². The van der Waals surface area contributed by atoms with E-state index in [0.717, 1.165) is 6.07 Å². The second-order valence-corrected chi connectivity index (χ2v) is 6.21. The van der Waals surface area contributed by atoms with Gasteiger partial charge in [0.15, 0.2) is 11.6 Å². The maximum Gasteiger partial charge on any atom is 0.320 e. The number of hydrogen-bond donors (Lipinski definition) is 3. The highest BCUT2D eigenvalue weighted by Gasteiger charge is 2.35. The molecule has 1 aromatic carbocycles. The molecule has 9 heteroatoms. The van der Waals surface area contributed by atoms with E-state index in [4.69, 9.17) is 4.74 Å². The largest absolute Gasteiger partial charge is 0.383 e. The van der Waals surface area contributed by atoms with Gasteiger partial charge in [0.25, 0.3) is 0 Å². The second-order valence-electron chi connectivity index (χ2n) is 6.21. The van der Waals surface area contributed by atoms with Crippen molar-refractivity contribution in [1.82, 2.24) is 20.4 Å². The molecule has 0 unspecified atom stereocenters. The molecule has 1 fully saturated rings. The van der Waals surface area contributed by atoms with Crippen LogP contribution >= 0.6 is 0 Å². The normalized spacial score (nSPS) is 20.3. The molecule has 2 heterocycles. The lowest BCUT2D eigenvalue weighted by Gasteiger charge is -2.20. The van der Waals surface area contributed by atoms with Gasteiger partial charge in [0.1, 0.15) is 5.82 Å². The average molecular weight is 365 g/mol. The molecule has 0 saturated carbocycles. The molecule has 1 aliphatic heterocycles. The number of benzene rings is 1. The molecule has 7 nitrogen and oxygen atoms in total. The molecule has 2 amide bonds. The van der Waals surface area contributed by atoms with Gasteiger partial charge in [-0.05, 0) is 17.7 Å². The number of ether oxygens (including phenoxy) is 1. The number of amides is 2. The summed E-state index contributed by atoms with van der Waals surface area (Å²) < 4.78 is 32.0. The first-order valence-electron chi connectivity index (χ1n) is 8.30. The van der Waals surface area contributed by atoms with Gasteiger partial charge in [0, 0.05) is 38.7 Å². The highest BCUT2D eigenvalue weighted by Crippen LogP contribution is 2.28. The number of aromatic amines is 1. The summed E-state index contributed by atoms with van der Waals surface area (Å²) in [6.45, 7) is 2.45. The van der Waals surface area contributed by atoms with Crippen LogP contribution in [0.2, 0.25) is 0 Å². The maximum absolute atomic E-state index is 13.7. The van der Waals surface area contributed by atoms with Gasteiger partial charge in [-0.25, -0.2) is 13.6 Å². The minimum absolute atomic E-state index is 0.158. The molecule has 140 valence electrons. The molecular formula is C17H21F2N5O2. The van der Waals surface area contributed by atoms with Crippen molar-refractivity contribution in [2.75, 3.05) is 38.7 Å². The molecule has 2 atom stereocenters. The van der Waals surface area contributed by atoms with Crippen molar-refractivity contribution in [3.05, 3.63) is 47.7 Å². The lowest BCUT2D eigenvalue weighted by atomic mass is 9.94. The molecule has 0 bridgehead atoms. The van der Waals surface area contributed by atoms with Crippen LogP contribution in [-0.4, -0.2) is 60.5 Å². The number of methoxy groups -OCH3 is 1. The van der Waals surface area contributed by atoms with Crippen molar-refractivity contribution in [2.45, 2.75) is 12.0 Å². The molecule has 0 aliphatic carbocycles. The summed E-state index contributed by atoms with van der Waals surface area (Å²) in [5.74, 6) is -1.46. The fourth-order valence-corrected chi connectivity index (χ4v) is 3.17. The Bertz CT molecular complexity index is 741. The van der Waals surface area contributed by atoms with E-state index in [-0.39, 0.29) is 18.0 Å². The van der Waals surface area contributed by atoms with Crippen molar-refractivity contribution in [3.8, 4) is 0 Å². The van der Waals surface area contributed by atoms with Crippen molar-refractivity contribution in [1.29, 1.82) is 0 Å². The van der Waals surface area contributed by atoms with Gasteiger partial charge >= 0.3 is 6.03 Å². The predicted octanol–water partition coefficient (Wildman–Crippen LogP) is 1.92. The van der Waals surface area contributed by atoms with Gasteiger partial charge in [-0.3, -0.25) is 15.3 Å². The summed E-state index contributed by atoms with van der Waals surface area (Å²) in [7, 11) is 1.62. The van der Waals surface area contributed by atoms with E-state index in [1.807, 2.05) is 0 Å². The third-order valence-electron chi connectivity index (χ3n) is 4.44. The predicted molar refractivity (Wildman–Crippen MR) is 91.9 cm³/mol. The highest BCUT2D eigenvalue weighted by atomic mass is 19.2. The Morgan fingerprint density at radius 2 is 2.19 bits per heavy atom. The average Bonchev–Trinajstić information content (AvgIpc) is 3.25. The Morgan fingerprint density at radius 1 is 1.35 bits per heavy atom. The monoisotopic (exact) mass is 365 g/mol. The second kappa shape index (κ2) is 8.24. The Morgan fingerprint density at radius 3 is 2.88 bits per heavy atom. The molecular weight excluding hydrogens is 344 g/mol. The van der Waals surface area contributed by atoms with Gasteiger partial charge < -0.3 is 10.1 Å². The number of aromatic nitrogens is 2. The molecule has 1 saturated heterocycles. The van der Waals surface area contributed by atoms with Crippen LogP contribution in [0.25, 0.3) is 0 Å². The minimum Gasteiger partial charge on any atom is -0.383 e. The lowest BCUT2D eigenvalue weighted by Crippen LogP contribution is -2.42. The Hall–Kier alpha value is -2.52. The number of carbonyl (C=O) groups excluding carboxylic acids is 1. The first-order valence-corrected chi connectivity index (χ1v) is 8.30. The number of hydrogen-bond acceptors (Lipinski definition) is 4. The number of H-pyrrole nitrogens is 1. The third kappa shape index (κ3) is 4.36. The summed E-state index contributed by atoms with van der Waals surface area (Å²) in [5.41, 5.74) is 0.649. The zero-order chi connectivity index (χ0) is 18.5. The molecule has 3 N–H and O–H groups in total. The summed E-state index contributed by atoms with van der Waals surface area (Å²) >= 11 is 0. The van der Waals surface area contributed by atoms with E-state index in [0.29, 0.717) is 37.6 Å². The summed E-state index contributed by atoms with van der Waals surface area (Å²) in [4.78, 5) is 14.4. The van der Waals surface area contributed by atoms with E-state index in [9.17, 15) is 13.6 Å². The molecule has 1 aliphatic rings. The third-order valence-corrected chi connectivity index (χ3v) is 4.44. The van der Waals surface area contributed by atoms with E-state index in [1.54, 1.807) is 19.2 Å². The molecule has 26 heavy (non-hydrogen) atoms. The summed E-state index contributed by atoms with van der Waals surface area (Å²) in [5, 5.41) is 12.0. The number of nitrogens with one attached hydrogen (secondary N) is 3. The number of nitrogens with zero attached hydrogens (tertiary/aromatic N) is 2. The van der Waals surface area contributed by atoms with Gasteiger partial charge in [-0.2, -0.15) is 5.10 Å². The van der Waals surface area contributed by atoms with Crippen LogP contribution in [0, 0.1) is 11.6 Å². The van der Waals surface area contributed by atoms with Crippen LogP contribution in [-0.2, 0) is 4.74 Å². The van der Waals surface area contributed by atoms with Crippen LogP contribution in [0.3, 0.4) is 0 Å². The van der Waals surface area contributed by atoms with Crippen LogP contribution in [0.5, 0.6) is 0 Å². The standard InChI is InChI=1S/C17H21F2N5O2/c1-26-7-6-24-9-12(11-2-3-13(18)14(19)8-11)15(10-24)21-17(25)22-16-4-5-20-23-16/h2-5,8,12,15H,6-7,9-10H2,1H3,(H3,20,21,22,23,25)/t12-,15+/m0/s1. The first-order chi connectivity index (χ1) is 12.6. The van der Waals surface area contributed by atoms with Gasteiger partial charge in [0.05, 0.1) is 18.8 Å². The zero-order valence-electron chi connectivity index (χ0n) is 14.3. The number of rotatable bonds is 6. The maximum atomic E-state index is 13.7. The van der Waals surface area contributed by atoms with Crippen molar-refractivity contribution < 1.29 is 18.3 Å². The summed E-state index contributed by atoms with van der Waals surface area (Å²) in [6.07, 6.45) is 1.53. The van der Waals surface area contributed by atoms with E-state index >= 15 is 0 Å². The van der Waals surface area contributed by atoms with Gasteiger partial charge in [0.2, 0.25) is 0 Å². The topological polar surface area (TPSA) is 82.3 Å². The Kier molecular flexibility index (Phi) is 5.79. The Balaban J connectivity index is 1.72. The summed E-state index contributed by atoms with van der Waals surface area (Å²) in [6, 6.07) is 4.86. The van der Waals surface area contributed by atoms with E-state index < -0.39 is 11.6 Å². The smallest absolute Gasteiger partial charge is 0.320 e. The van der Waals surface area contributed by atoms with Crippen LogP contribution < -0.4 is 10.6 Å². The molecule has 3 rings (SSSR count). The SMILES string of the molecule is COCCN1C[C@@H](NC(=O)Nc2ccn[nH]2)[C@H](c2ccc(F)c(F)c2)C1.